The van der Waals surface area contributed by atoms with E-state index in [1.807, 2.05) is 25.1 Å². The van der Waals surface area contributed by atoms with Crippen LogP contribution < -0.4 is 21.3 Å². The molecule has 0 saturated heterocycles. The number of hydrogen-bond acceptors (Lipinski definition) is 4. The maximum Gasteiger partial charge on any atom is 0.206 e. The summed E-state index contributed by atoms with van der Waals surface area (Å²) in [6, 6.07) is 8.21. The van der Waals surface area contributed by atoms with Crippen molar-refractivity contribution in [2.24, 2.45) is 10.8 Å². The van der Waals surface area contributed by atoms with Gasteiger partial charge in [0, 0.05) is 19.6 Å². The zero-order valence-electron chi connectivity index (χ0n) is 11.9. The topological polar surface area (TPSA) is 80.9 Å². The average molecular weight is 278 g/mol. The lowest BCUT2D eigenvalue weighted by Gasteiger charge is -2.16. The number of nitrogens with zero attached hydrogens (tertiary/aromatic N) is 1. The summed E-state index contributed by atoms with van der Waals surface area (Å²) >= 11 is 0. The van der Waals surface area contributed by atoms with Gasteiger partial charge in [-0.3, -0.25) is 5.43 Å². The Morgan fingerprint density at radius 3 is 3.05 bits per heavy atom. The first-order valence-electron chi connectivity index (χ1n) is 6.74. The van der Waals surface area contributed by atoms with Gasteiger partial charge in [0.05, 0.1) is 13.2 Å². The van der Waals surface area contributed by atoms with Crippen molar-refractivity contribution in [3.8, 4) is 5.75 Å². The van der Waals surface area contributed by atoms with Crippen LogP contribution in [-0.2, 0) is 11.2 Å². The Labute approximate surface area is 119 Å². The predicted molar refractivity (Wildman–Crippen MR) is 78.7 cm³/mol. The third-order valence-electron chi connectivity index (χ3n) is 3.10. The molecule has 0 bridgehead atoms. The molecule has 0 aliphatic carbocycles. The molecule has 2 unspecified atom stereocenters. The summed E-state index contributed by atoms with van der Waals surface area (Å²) in [5.74, 6) is 6.97. The van der Waals surface area contributed by atoms with Crippen molar-refractivity contribution in [1.29, 1.82) is 0 Å². The molecule has 2 rings (SSSR count). The second-order valence-corrected chi connectivity index (χ2v) is 4.89. The molecule has 0 saturated carbocycles. The van der Waals surface area contributed by atoms with E-state index in [9.17, 15) is 0 Å². The van der Waals surface area contributed by atoms with Crippen molar-refractivity contribution in [3.63, 3.8) is 0 Å². The fourth-order valence-electron chi connectivity index (χ4n) is 2.21. The predicted octanol–water partition coefficient (Wildman–Crippen LogP) is 0.434. The first-order valence-corrected chi connectivity index (χ1v) is 6.74. The first kappa shape index (κ1) is 14.6. The molecule has 0 fully saturated rings. The molecule has 110 valence electrons. The molecule has 20 heavy (non-hydrogen) atoms. The van der Waals surface area contributed by atoms with Crippen LogP contribution in [0.15, 0.2) is 29.3 Å². The molecule has 1 aliphatic heterocycles. The van der Waals surface area contributed by atoms with E-state index in [2.05, 4.69) is 21.8 Å². The third-order valence-corrected chi connectivity index (χ3v) is 3.10. The van der Waals surface area contributed by atoms with Crippen LogP contribution in [0.1, 0.15) is 12.5 Å². The van der Waals surface area contributed by atoms with Gasteiger partial charge in [-0.05, 0) is 18.6 Å². The molecule has 0 amide bonds. The number of fused-ring (bicyclic) bond motifs is 1. The number of guanidine groups is 1. The number of aliphatic imine (C=N–C) groups is 1. The average Bonchev–Trinajstić information content (AvgIpc) is 2.86. The Hall–Kier alpha value is -1.79. The second-order valence-electron chi connectivity index (χ2n) is 4.89. The highest BCUT2D eigenvalue weighted by molar-refractivity contribution is 5.79. The van der Waals surface area contributed by atoms with Gasteiger partial charge in [-0.25, -0.2) is 10.8 Å². The Balaban J connectivity index is 1.86. The van der Waals surface area contributed by atoms with Crippen LogP contribution in [0.25, 0.3) is 0 Å². The van der Waals surface area contributed by atoms with Crippen molar-refractivity contribution < 1.29 is 9.47 Å². The van der Waals surface area contributed by atoms with E-state index in [4.69, 9.17) is 15.3 Å². The van der Waals surface area contributed by atoms with Crippen molar-refractivity contribution >= 4 is 5.96 Å². The summed E-state index contributed by atoms with van der Waals surface area (Å²) in [6.07, 6.45) is 0.945. The molecular formula is C14H22N4O2. The Kier molecular flexibility index (Phi) is 5.20. The zero-order valence-corrected chi connectivity index (χ0v) is 11.9. The number of nitrogens with two attached hydrogens (primary N) is 1. The van der Waals surface area contributed by atoms with Crippen LogP contribution in [0, 0.1) is 0 Å². The van der Waals surface area contributed by atoms with E-state index in [1.54, 1.807) is 7.11 Å². The van der Waals surface area contributed by atoms with Crippen LogP contribution in [0.5, 0.6) is 5.75 Å². The van der Waals surface area contributed by atoms with Gasteiger partial charge < -0.3 is 14.8 Å². The molecule has 1 heterocycles. The van der Waals surface area contributed by atoms with Gasteiger partial charge in [-0.1, -0.05) is 18.2 Å². The standard InChI is InChI=1S/C14H22N4O2/c1-10(9-19-2)17-14(18-15)16-8-12-7-11-5-3-4-6-13(11)20-12/h3-6,10,12H,7-9,15H2,1-2H3,(H2,16,17,18). The first-order chi connectivity index (χ1) is 9.72. The smallest absolute Gasteiger partial charge is 0.206 e. The fraction of sp³-hybridized carbons (Fsp3) is 0.500. The SMILES string of the molecule is COCC(C)NC(=NCC1Cc2ccccc2O1)NN. The minimum atomic E-state index is 0.0651. The lowest BCUT2D eigenvalue weighted by atomic mass is 10.1. The molecule has 1 aliphatic rings. The molecule has 0 aromatic heterocycles. The summed E-state index contributed by atoms with van der Waals surface area (Å²) in [7, 11) is 1.66. The van der Waals surface area contributed by atoms with E-state index < -0.39 is 0 Å². The molecule has 1 aromatic carbocycles. The molecule has 6 heteroatoms. The Morgan fingerprint density at radius 2 is 2.35 bits per heavy atom. The summed E-state index contributed by atoms with van der Waals surface area (Å²) in [5, 5.41) is 3.15. The maximum absolute atomic E-state index is 5.83. The van der Waals surface area contributed by atoms with Crippen LogP contribution in [0.2, 0.25) is 0 Å². The highest BCUT2D eigenvalue weighted by Crippen LogP contribution is 2.28. The van der Waals surface area contributed by atoms with Gasteiger partial charge in [0.2, 0.25) is 5.96 Å². The lowest BCUT2D eigenvalue weighted by Crippen LogP contribution is -2.47. The molecular weight excluding hydrogens is 256 g/mol. The summed E-state index contributed by atoms with van der Waals surface area (Å²) in [4.78, 5) is 4.42. The fourth-order valence-corrected chi connectivity index (χ4v) is 2.21. The van der Waals surface area contributed by atoms with Crippen molar-refractivity contribution in [2.75, 3.05) is 20.3 Å². The quantitative estimate of drug-likeness (QED) is 0.315. The number of rotatable bonds is 5. The number of hydrazine groups is 1. The molecule has 0 radical (unpaired) electrons. The summed E-state index contributed by atoms with van der Waals surface area (Å²) in [5.41, 5.74) is 3.80. The maximum atomic E-state index is 5.83. The minimum absolute atomic E-state index is 0.0651. The minimum Gasteiger partial charge on any atom is -0.488 e. The monoisotopic (exact) mass is 278 g/mol. The van der Waals surface area contributed by atoms with Gasteiger partial charge >= 0.3 is 0 Å². The summed E-state index contributed by atoms with van der Waals surface area (Å²) < 4.78 is 10.9. The van der Waals surface area contributed by atoms with E-state index in [-0.39, 0.29) is 12.1 Å². The molecule has 6 nitrogen and oxygen atoms in total. The van der Waals surface area contributed by atoms with Crippen LogP contribution in [-0.4, -0.2) is 38.4 Å². The zero-order chi connectivity index (χ0) is 14.4. The van der Waals surface area contributed by atoms with E-state index in [0.717, 1.165) is 12.2 Å². The van der Waals surface area contributed by atoms with Gasteiger partial charge in [0.1, 0.15) is 11.9 Å². The van der Waals surface area contributed by atoms with E-state index in [1.165, 1.54) is 5.56 Å². The number of nitrogens with one attached hydrogen (secondary N) is 2. The molecule has 1 aromatic rings. The van der Waals surface area contributed by atoms with Crippen LogP contribution >= 0.6 is 0 Å². The lowest BCUT2D eigenvalue weighted by molar-refractivity contribution is 0.179. The Bertz CT molecular complexity index is 439. The highest BCUT2D eigenvalue weighted by Gasteiger charge is 2.21. The van der Waals surface area contributed by atoms with Gasteiger partial charge in [-0.2, -0.15) is 0 Å². The normalized spacial score (nSPS) is 19.1. The van der Waals surface area contributed by atoms with Crippen LogP contribution in [0.4, 0.5) is 0 Å². The molecule has 0 spiro atoms. The molecule has 2 atom stereocenters. The van der Waals surface area contributed by atoms with Gasteiger partial charge in [-0.15, -0.1) is 0 Å². The van der Waals surface area contributed by atoms with Crippen molar-refractivity contribution in [2.45, 2.75) is 25.5 Å². The second kappa shape index (κ2) is 7.12. The number of hydrogen-bond donors (Lipinski definition) is 3. The number of methoxy groups -OCH3 is 1. The van der Waals surface area contributed by atoms with Gasteiger partial charge in [0.25, 0.3) is 0 Å². The van der Waals surface area contributed by atoms with Crippen molar-refractivity contribution in [1.82, 2.24) is 10.7 Å². The largest absolute Gasteiger partial charge is 0.488 e. The summed E-state index contributed by atoms with van der Waals surface area (Å²) in [6.45, 7) is 3.14. The number of ether oxygens (including phenoxy) is 2. The van der Waals surface area contributed by atoms with E-state index in [0.29, 0.717) is 19.1 Å². The Morgan fingerprint density at radius 1 is 1.55 bits per heavy atom. The van der Waals surface area contributed by atoms with E-state index >= 15 is 0 Å². The third kappa shape index (κ3) is 3.85. The number of para-hydroxylation sites is 1. The highest BCUT2D eigenvalue weighted by atomic mass is 16.5. The van der Waals surface area contributed by atoms with Gasteiger partial charge in [0.15, 0.2) is 0 Å². The molecule has 4 N–H and O–H groups in total. The van der Waals surface area contributed by atoms with Crippen molar-refractivity contribution in [3.05, 3.63) is 29.8 Å². The van der Waals surface area contributed by atoms with Crippen LogP contribution in [0.3, 0.4) is 0 Å². The number of benzene rings is 1.